The van der Waals surface area contributed by atoms with Crippen LogP contribution in [0.1, 0.15) is 36.6 Å². The lowest BCUT2D eigenvalue weighted by atomic mass is 10.1. The van der Waals surface area contributed by atoms with Crippen LogP contribution in [0, 0.1) is 0 Å². The van der Waals surface area contributed by atoms with Gasteiger partial charge in [0.2, 0.25) is 5.75 Å². The molecule has 0 fully saturated rings. The summed E-state index contributed by atoms with van der Waals surface area (Å²) in [6.07, 6.45) is 1.31. The Labute approximate surface area is 271 Å². The molecule has 0 aliphatic heterocycles. The molecule has 0 saturated heterocycles. The number of nitrogens with one attached hydrogen (secondary N) is 2. The highest BCUT2D eigenvalue weighted by atomic mass is 79.9. The Bertz CT molecular complexity index is 1740. The number of hydrazone groups is 1. The third kappa shape index (κ3) is 7.67. The van der Waals surface area contributed by atoms with Gasteiger partial charge in [-0.2, -0.15) is 5.10 Å². The van der Waals surface area contributed by atoms with E-state index in [2.05, 4.69) is 31.8 Å². The molecular weight excluding hydrogens is 677 g/mol. The predicted octanol–water partition coefficient (Wildman–Crippen LogP) is 7.02. The number of carbonyl (C=O) groups is 3. The van der Waals surface area contributed by atoms with Gasteiger partial charge in [0.1, 0.15) is 5.75 Å². The van der Waals surface area contributed by atoms with Crippen LogP contribution < -0.4 is 29.7 Å². The minimum absolute atomic E-state index is 0.145. The lowest BCUT2D eigenvalue weighted by Crippen LogP contribution is -2.21. The van der Waals surface area contributed by atoms with E-state index in [1.807, 2.05) is 0 Å². The fourth-order valence-electron chi connectivity index (χ4n) is 3.94. The van der Waals surface area contributed by atoms with Crippen molar-refractivity contribution in [3.8, 4) is 23.0 Å². The standard InChI is InChI=1S/C31H24BrCl2N3O7/c1-41-26-13-17(14-27(42-2)28(26)43-3)31(40)44-25-11-8-19(32)12-18(25)16-35-37-30(39)22-6-4-5-7-24(22)36-29(38)21-10-9-20(33)15-23(21)34/h4-16H,1-3H3,(H,36,38)(H,37,39)/b35-16-. The van der Waals surface area contributed by atoms with Crippen molar-refractivity contribution in [2.24, 2.45) is 5.10 Å². The maximum Gasteiger partial charge on any atom is 0.343 e. The van der Waals surface area contributed by atoms with Crippen molar-refractivity contribution in [1.29, 1.82) is 0 Å². The van der Waals surface area contributed by atoms with E-state index in [1.165, 1.54) is 63.9 Å². The summed E-state index contributed by atoms with van der Waals surface area (Å²) < 4.78 is 22.3. The molecule has 0 spiro atoms. The van der Waals surface area contributed by atoms with E-state index >= 15 is 0 Å². The number of hydrogen-bond acceptors (Lipinski definition) is 8. The summed E-state index contributed by atoms with van der Waals surface area (Å²) in [5, 5.41) is 7.27. The minimum atomic E-state index is -0.698. The largest absolute Gasteiger partial charge is 0.493 e. The normalized spacial score (nSPS) is 10.7. The average Bonchev–Trinajstić information content (AvgIpc) is 3.01. The van der Waals surface area contributed by atoms with Crippen molar-refractivity contribution >= 4 is 68.8 Å². The number of esters is 1. The molecular formula is C31H24BrCl2N3O7. The number of para-hydroxylation sites is 1. The van der Waals surface area contributed by atoms with Crippen LogP contribution in [0.2, 0.25) is 10.0 Å². The van der Waals surface area contributed by atoms with E-state index in [4.69, 9.17) is 42.1 Å². The lowest BCUT2D eigenvalue weighted by Gasteiger charge is -2.14. The van der Waals surface area contributed by atoms with Gasteiger partial charge in [-0.05, 0) is 60.7 Å². The molecule has 0 aromatic heterocycles. The van der Waals surface area contributed by atoms with Gasteiger partial charge in [-0.1, -0.05) is 51.3 Å². The second kappa shape index (κ2) is 14.7. The van der Waals surface area contributed by atoms with E-state index in [-0.39, 0.29) is 44.6 Å². The summed E-state index contributed by atoms with van der Waals surface area (Å²) in [7, 11) is 4.33. The summed E-state index contributed by atoms with van der Waals surface area (Å²) in [6, 6.07) is 18.7. The Morgan fingerprint density at radius 2 is 1.50 bits per heavy atom. The van der Waals surface area contributed by atoms with Crippen molar-refractivity contribution in [3.05, 3.63) is 110 Å². The summed E-state index contributed by atoms with van der Waals surface area (Å²) in [4.78, 5) is 38.9. The van der Waals surface area contributed by atoms with Gasteiger partial charge < -0.3 is 24.3 Å². The Morgan fingerprint density at radius 1 is 0.795 bits per heavy atom. The van der Waals surface area contributed by atoms with Crippen molar-refractivity contribution in [2.45, 2.75) is 0 Å². The first kappa shape index (κ1) is 32.3. The summed E-state index contributed by atoms with van der Waals surface area (Å²) in [5.41, 5.74) is 3.52. The highest BCUT2D eigenvalue weighted by molar-refractivity contribution is 9.10. The molecule has 226 valence electrons. The SMILES string of the molecule is COc1cc(C(=O)Oc2ccc(Br)cc2/C=N\NC(=O)c2ccccc2NC(=O)c2ccc(Cl)cc2Cl)cc(OC)c1OC. The zero-order chi connectivity index (χ0) is 31.8. The van der Waals surface area contributed by atoms with Gasteiger partial charge in [-0.3, -0.25) is 9.59 Å². The van der Waals surface area contributed by atoms with Crippen LogP contribution in [-0.2, 0) is 0 Å². The first-order valence-electron chi connectivity index (χ1n) is 12.7. The number of anilines is 1. The van der Waals surface area contributed by atoms with Gasteiger partial charge in [0.15, 0.2) is 11.5 Å². The van der Waals surface area contributed by atoms with Gasteiger partial charge in [0.25, 0.3) is 11.8 Å². The van der Waals surface area contributed by atoms with Crippen LogP contribution in [0.25, 0.3) is 0 Å². The van der Waals surface area contributed by atoms with E-state index in [0.717, 1.165) is 0 Å². The van der Waals surface area contributed by atoms with Crippen LogP contribution in [0.4, 0.5) is 5.69 Å². The Kier molecular flexibility index (Phi) is 10.8. The quantitative estimate of drug-likeness (QED) is 0.0789. The van der Waals surface area contributed by atoms with Gasteiger partial charge >= 0.3 is 5.97 Å². The molecule has 0 radical (unpaired) electrons. The van der Waals surface area contributed by atoms with Crippen LogP contribution in [0.15, 0.2) is 82.4 Å². The number of ether oxygens (including phenoxy) is 4. The smallest absolute Gasteiger partial charge is 0.343 e. The maximum absolute atomic E-state index is 13.1. The van der Waals surface area contributed by atoms with Crippen LogP contribution >= 0.6 is 39.1 Å². The number of carbonyl (C=O) groups excluding carboxylic acids is 3. The van der Waals surface area contributed by atoms with E-state index in [0.29, 0.717) is 20.8 Å². The molecule has 4 rings (SSSR count). The van der Waals surface area contributed by atoms with Gasteiger partial charge in [-0.25, -0.2) is 10.2 Å². The molecule has 13 heteroatoms. The highest BCUT2D eigenvalue weighted by Gasteiger charge is 2.20. The second-order valence-electron chi connectivity index (χ2n) is 8.81. The number of amides is 2. The molecule has 10 nitrogen and oxygen atoms in total. The summed E-state index contributed by atoms with van der Waals surface area (Å²) >= 11 is 15.5. The van der Waals surface area contributed by atoms with Crippen LogP contribution in [-0.4, -0.2) is 45.3 Å². The van der Waals surface area contributed by atoms with Gasteiger partial charge in [0.05, 0.1) is 54.9 Å². The van der Waals surface area contributed by atoms with Crippen LogP contribution in [0.3, 0.4) is 0 Å². The lowest BCUT2D eigenvalue weighted by molar-refractivity contribution is 0.0733. The third-order valence-corrected chi connectivity index (χ3v) is 7.08. The molecule has 2 N–H and O–H groups in total. The number of benzene rings is 4. The number of nitrogens with zero attached hydrogens (tertiary/aromatic N) is 1. The summed E-state index contributed by atoms with van der Waals surface area (Å²) in [5.74, 6) is -0.769. The van der Waals surface area contributed by atoms with Crippen molar-refractivity contribution in [2.75, 3.05) is 26.6 Å². The van der Waals surface area contributed by atoms with E-state index in [9.17, 15) is 14.4 Å². The number of halogens is 3. The fourth-order valence-corrected chi connectivity index (χ4v) is 4.82. The summed E-state index contributed by atoms with van der Waals surface area (Å²) in [6.45, 7) is 0. The molecule has 0 saturated carbocycles. The molecule has 0 aliphatic rings. The molecule has 4 aromatic rings. The zero-order valence-electron chi connectivity index (χ0n) is 23.4. The Hall–Kier alpha value is -4.58. The first-order chi connectivity index (χ1) is 21.1. The molecule has 4 aromatic carbocycles. The average molecular weight is 701 g/mol. The zero-order valence-corrected chi connectivity index (χ0v) is 26.5. The third-order valence-electron chi connectivity index (χ3n) is 6.04. The van der Waals surface area contributed by atoms with Crippen molar-refractivity contribution in [1.82, 2.24) is 5.43 Å². The van der Waals surface area contributed by atoms with Gasteiger partial charge in [0, 0.05) is 15.1 Å². The Balaban J connectivity index is 1.51. The monoisotopic (exact) mass is 699 g/mol. The van der Waals surface area contributed by atoms with E-state index in [1.54, 1.807) is 36.4 Å². The molecule has 0 bridgehead atoms. The predicted molar refractivity (Wildman–Crippen MR) is 171 cm³/mol. The minimum Gasteiger partial charge on any atom is -0.493 e. The fraction of sp³-hybridized carbons (Fsp3) is 0.0968. The van der Waals surface area contributed by atoms with Crippen molar-refractivity contribution < 1.29 is 33.3 Å². The van der Waals surface area contributed by atoms with Gasteiger partial charge in [-0.15, -0.1) is 0 Å². The molecule has 0 unspecified atom stereocenters. The number of rotatable bonds is 10. The Morgan fingerprint density at radius 3 is 2.16 bits per heavy atom. The molecule has 0 aliphatic carbocycles. The second-order valence-corrected chi connectivity index (χ2v) is 10.6. The van der Waals surface area contributed by atoms with E-state index < -0.39 is 17.8 Å². The van der Waals surface area contributed by atoms with Crippen molar-refractivity contribution in [3.63, 3.8) is 0 Å². The first-order valence-corrected chi connectivity index (χ1v) is 14.2. The number of methoxy groups -OCH3 is 3. The topological polar surface area (TPSA) is 125 Å². The number of hydrogen-bond donors (Lipinski definition) is 2. The highest BCUT2D eigenvalue weighted by Crippen LogP contribution is 2.38. The van der Waals surface area contributed by atoms with Crippen LogP contribution in [0.5, 0.6) is 23.0 Å². The molecule has 2 amide bonds. The molecule has 44 heavy (non-hydrogen) atoms. The molecule has 0 atom stereocenters. The molecule has 0 heterocycles. The maximum atomic E-state index is 13.1.